The molecule has 0 saturated carbocycles. The third-order valence-corrected chi connectivity index (χ3v) is 10.2. The van der Waals surface area contributed by atoms with Gasteiger partial charge in [0, 0.05) is 46.5 Å². The van der Waals surface area contributed by atoms with Gasteiger partial charge in [0.25, 0.3) is 0 Å². The van der Waals surface area contributed by atoms with Crippen molar-refractivity contribution in [3.8, 4) is 11.1 Å². The Hall–Kier alpha value is -5.12. The first-order valence-corrected chi connectivity index (χ1v) is 18.4. The van der Waals surface area contributed by atoms with Crippen molar-refractivity contribution in [2.75, 3.05) is 0 Å². The van der Waals surface area contributed by atoms with Gasteiger partial charge in [-0.2, -0.15) is 0 Å². The van der Waals surface area contributed by atoms with Gasteiger partial charge in [-0.1, -0.05) is 120 Å². The number of benzene rings is 5. The van der Waals surface area contributed by atoms with E-state index in [-0.39, 0.29) is 10.8 Å². The molecule has 256 valence electrons. The first-order valence-electron chi connectivity index (χ1n) is 18.4. The molecule has 0 aliphatic carbocycles. The van der Waals surface area contributed by atoms with Crippen molar-refractivity contribution in [2.24, 2.45) is 0 Å². The molecule has 0 atom stereocenters. The Morgan fingerprint density at radius 3 is 1.39 bits per heavy atom. The average molecular weight is 671 g/mol. The molecule has 3 heteroatoms. The van der Waals surface area contributed by atoms with E-state index in [4.69, 9.17) is 0 Å². The minimum absolute atomic E-state index is 0.117. The van der Waals surface area contributed by atoms with E-state index in [9.17, 15) is 0 Å². The first-order chi connectivity index (χ1) is 24.5. The summed E-state index contributed by atoms with van der Waals surface area (Å²) in [6, 6.07) is 45.0. The summed E-state index contributed by atoms with van der Waals surface area (Å²) < 4.78 is 4.54. The molecule has 51 heavy (non-hydrogen) atoms. The standard InChI is InChI=1S/C48H51N3/c1-47(2,3)42-27-37(28-43(30-42)48(4,5)6)34-51-25-21-39(22-26-51)38-19-23-50(24-20-38)33-36-17-15-35(16-18-36)31-49-32-46-44-13-9-7-11-40(44)29-41-12-8-10-14-45(41)46/h7-30,49H,31-34H2,1-6H3/q+2/p+1. The Balaban J connectivity index is 0.961. The molecule has 2 heterocycles. The highest BCUT2D eigenvalue weighted by Crippen LogP contribution is 2.31. The largest absolute Gasteiger partial charge is 0.339 e. The van der Waals surface area contributed by atoms with Crippen LogP contribution in [-0.2, 0) is 37.0 Å². The molecule has 0 aliphatic heterocycles. The number of rotatable bonds is 9. The SMILES string of the molecule is CC(C)(C)c1cc(C[n+]2ccc(-c3cc[n+](Cc4ccc(C[NH2+]Cc5c6ccccc6cc6ccccc56)cc4)cc3)cc2)cc(C(C)(C)C)c1. The second kappa shape index (κ2) is 14.2. The molecule has 7 rings (SSSR count). The smallest absolute Gasteiger partial charge is 0.173 e. The Bertz CT molecular complexity index is 2180. The van der Waals surface area contributed by atoms with E-state index in [0.29, 0.717) is 0 Å². The highest BCUT2D eigenvalue weighted by atomic mass is 14.9. The van der Waals surface area contributed by atoms with Crippen LogP contribution in [0.2, 0.25) is 0 Å². The summed E-state index contributed by atoms with van der Waals surface area (Å²) in [5.41, 5.74) is 10.9. The van der Waals surface area contributed by atoms with Crippen molar-refractivity contribution in [3.63, 3.8) is 0 Å². The third kappa shape index (κ3) is 8.11. The van der Waals surface area contributed by atoms with Crippen LogP contribution >= 0.6 is 0 Å². The van der Waals surface area contributed by atoms with Crippen LogP contribution in [-0.4, -0.2) is 0 Å². The van der Waals surface area contributed by atoms with Crippen LogP contribution in [0.3, 0.4) is 0 Å². The lowest BCUT2D eigenvalue weighted by Crippen LogP contribution is -2.80. The lowest BCUT2D eigenvalue weighted by molar-refractivity contribution is -0.688. The predicted octanol–water partition coefficient (Wildman–Crippen LogP) is 9.19. The van der Waals surface area contributed by atoms with E-state index < -0.39 is 0 Å². The zero-order valence-electron chi connectivity index (χ0n) is 31.2. The Morgan fingerprint density at radius 1 is 0.451 bits per heavy atom. The molecule has 7 aromatic rings. The minimum atomic E-state index is 0.117. The van der Waals surface area contributed by atoms with Gasteiger partial charge in [-0.15, -0.1) is 0 Å². The molecule has 0 saturated heterocycles. The lowest BCUT2D eigenvalue weighted by Gasteiger charge is -2.25. The molecule has 0 amide bonds. The van der Waals surface area contributed by atoms with Gasteiger partial charge >= 0.3 is 0 Å². The number of nitrogens with two attached hydrogens (primary N) is 1. The van der Waals surface area contributed by atoms with Crippen molar-refractivity contribution in [2.45, 2.75) is 78.6 Å². The maximum absolute atomic E-state index is 2.43. The molecule has 2 N–H and O–H groups in total. The molecule has 0 radical (unpaired) electrons. The number of nitrogens with zero attached hydrogens (tertiary/aromatic N) is 2. The molecular formula is C48H52N3+3. The van der Waals surface area contributed by atoms with Gasteiger partial charge in [-0.25, -0.2) is 9.13 Å². The summed E-state index contributed by atoms with van der Waals surface area (Å²) in [4.78, 5) is 0. The number of fused-ring (bicyclic) bond motifs is 2. The van der Waals surface area contributed by atoms with Gasteiger partial charge in [0.15, 0.2) is 37.9 Å². The van der Waals surface area contributed by atoms with Crippen LogP contribution < -0.4 is 14.5 Å². The number of aromatic nitrogens is 2. The van der Waals surface area contributed by atoms with Crippen LogP contribution in [0.5, 0.6) is 0 Å². The summed E-state index contributed by atoms with van der Waals surface area (Å²) >= 11 is 0. The number of quaternary nitrogens is 1. The highest BCUT2D eigenvalue weighted by Gasteiger charge is 2.21. The summed E-state index contributed by atoms with van der Waals surface area (Å²) in [6.45, 7) is 17.4. The fourth-order valence-electron chi connectivity index (χ4n) is 7.07. The van der Waals surface area contributed by atoms with E-state index in [1.165, 1.54) is 66.1 Å². The van der Waals surface area contributed by atoms with Crippen molar-refractivity contribution in [1.82, 2.24) is 0 Å². The first kappa shape index (κ1) is 34.3. The van der Waals surface area contributed by atoms with Crippen LogP contribution in [0.15, 0.2) is 146 Å². The number of hydrogen-bond donors (Lipinski definition) is 1. The van der Waals surface area contributed by atoms with Crippen molar-refractivity contribution >= 4 is 21.5 Å². The average Bonchev–Trinajstić information content (AvgIpc) is 3.12. The van der Waals surface area contributed by atoms with Gasteiger partial charge in [0.05, 0.1) is 0 Å². The van der Waals surface area contributed by atoms with Gasteiger partial charge in [-0.05, 0) is 72.8 Å². The minimum Gasteiger partial charge on any atom is -0.339 e. The zero-order valence-corrected chi connectivity index (χ0v) is 31.2. The van der Waals surface area contributed by atoms with Crippen LogP contribution in [0, 0.1) is 0 Å². The Kier molecular flexibility index (Phi) is 9.59. The highest BCUT2D eigenvalue weighted by molar-refractivity contribution is 6.02. The second-order valence-electron chi connectivity index (χ2n) is 16.2. The Morgan fingerprint density at radius 2 is 0.902 bits per heavy atom. The van der Waals surface area contributed by atoms with Gasteiger partial charge < -0.3 is 5.32 Å². The second-order valence-corrected chi connectivity index (χ2v) is 16.2. The molecular weight excluding hydrogens is 619 g/mol. The van der Waals surface area contributed by atoms with Gasteiger partial charge in [0.1, 0.15) is 13.1 Å². The molecule has 0 unspecified atom stereocenters. The fraction of sp³-hybridized carbons (Fsp3) is 0.250. The third-order valence-electron chi connectivity index (χ3n) is 10.2. The molecule has 0 fully saturated rings. The van der Waals surface area contributed by atoms with Gasteiger partial charge in [-0.3, -0.25) is 0 Å². The van der Waals surface area contributed by atoms with Crippen molar-refractivity contribution < 1.29 is 14.5 Å². The maximum atomic E-state index is 2.43. The summed E-state index contributed by atoms with van der Waals surface area (Å²) in [5.74, 6) is 0. The molecule has 0 spiro atoms. The van der Waals surface area contributed by atoms with E-state index >= 15 is 0 Å². The topological polar surface area (TPSA) is 24.4 Å². The molecule has 3 nitrogen and oxygen atoms in total. The van der Waals surface area contributed by atoms with E-state index in [2.05, 4.69) is 202 Å². The van der Waals surface area contributed by atoms with Crippen LogP contribution in [0.25, 0.3) is 32.7 Å². The zero-order chi connectivity index (χ0) is 35.6. The monoisotopic (exact) mass is 670 g/mol. The van der Waals surface area contributed by atoms with E-state index in [1.54, 1.807) is 0 Å². The summed E-state index contributed by atoms with van der Waals surface area (Å²) in [7, 11) is 0. The van der Waals surface area contributed by atoms with Gasteiger partial charge in [0.2, 0.25) is 0 Å². The molecule has 5 aromatic carbocycles. The normalized spacial score (nSPS) is 12.1. The van der Waals surface area contributed by atoms with Crippen LogP contribution in [0.4, 0.5) is 0 Å². The lowest BCUT2D eigenvalue weighted by atomic mass is 9.79. The molecule has 0 aliphatic rings. The van der Waals surface area contributed by atoms with Crippen LogP contribution in [0.1, 0.15) is 74.9 Å². The molecule has 0 bridgehead atoms. The van der Waals surface area contributed by atoms with Crippen molar-refractivity contribution in [1.29, 1.82) is 0 Å². The van der Waals surface area contributed by atoms with E-state index in [1.807, 2.05) is 0 Å². The fourth-order valence-corrected chi connectivity index (χ4v) is 7.07. The van der Waals surface area contributed by atoms with E-state index in [0.717, 1.165) is 26.2 Å². The van der Waals surface area contributed by atoms with Crippen molar-refractivity contribution in [3.05, 3.63) is 179 Å². The number of hydrogen-bond acceptors (Lipinski definition) is 0. The summed E-state index contributed by atoms with van der Waals surface area (Å²) in [5, 5.41) is 7.77. The number of pyridine rings is 2. The quantitative estimate of drug-likeness (QED) is 0.117. The maximum Gasteiger partial charge on any atom is 0.173 e. The Labute approximate surface area is 304 Å². The molecule has 2 aromatic heterocycles. The summed E-state index contributed by atoms with van der Waals surface area (Å²) in [6.07, 6.45) is 8.80. The predicted molar refractivity (Wildman–Crippen MR) is 212 cm³/mol.